The Morgan fingerprint density at radius 2 is 1.79 bits per heavy atom. The molecule has 3 aromatic rings. The van der Waals surface area contributed by atoms with Crippen LogP contribution in [-0.2, 0) is 0 Å². The van der Waals surface area contributed by atoms with Crippen molar-refractivity contribution < 1.29 is 4.79 Å². The molecule has 142 valence electrons. The van der Waals surface area contributed by atoms with Crippen LogP contribution in [-0.4, -0.2) is 47.0 Å². The molecule has 6 nitrogen and oxygen atoms in total. The minimum atomic E-state index is -0.0463. The van der Waals surface area contributed by atoms with Gasteiger partial charge in [-0.1, -0.05) is 23.7 Å². The highest BCUT2D eigenvalue weighted by Gasteiger charge is 2.23. The number of anilines is 3. The van der Waals surface area contributed by atoms with Gasteiger partial charge < -0.3 is 15.1 Å². The number of amides is 1. The van der Waals surface area contributed by atoms with Crippen LogP contribution in [0.25, 0.3) is 0 Å². The standard InChI is InChI=1S/C21H20ClN5O/c22-16-4-3-5-17(14-16)25-18-7-8-19(24-15-18)21(28)27-12-10-26(11-13-27)20-6-1-2-9-23-20/h1-9,14-15,25H,10-13H2. The molecule has 1 N–H and O–H groups in total. The van der Waals surface area contributed by atoms with Gasteiger partial charge >= 0.3 is 0 Å². The second-order valence-electron chi connectivity index (χ2n) is 6.53. The van der Waals surface area contributed by atoms with Gasteiger partial charge in [-0.2, -0.15) is 0 Å². The molecule has 0 radical (unpaired) electrons. The predicted molar refractivity (Wildman–Crippen MR) is 111 cm³/mol. The van der Waals surface area contributed by atoms with E-state index in [0.717, 1.165) is 30.3 Å². The number of hydrogen-bond donors (Lipinski definition) is 1. The Hall–Kier alpha value is -3.12. The predicted octanol–water partition coefficient (Wildman–Crippen LogP) is 3.84. The summed E-state index contributed by atoms with van der Waals surface area (Å²) in [6.07, 6.45) is 3.45. The maximum Gasteiger partial charge on any atom is 0.272 e. The zero-order valence-corrected chi connectivity index (χ0v) is 16.0. The lowest BCUT2D eigenvalue weighted by atomic mass is 10.2. The van der Waals surface area contributed by atoms with Gasteiger partial charge in [-0.3, -0.25) is 4.79 Å². The number of rotatable bonds is 4. The Labute approximate surface area is 168 Å². The minimum Gasteiger partial charge on any atom is -0.354 e. The summed E-state index contributed by atoms with van der Waals surface area (Å²) in [6.45, 7) is 2.83. The molecule has 28 heavy (non-hydrogen) atoms. The first-order chi connectivity index (χ1) is 13.7. The highest BCUT2D eigenvalue weighted by molar-refractivity contribution is 6.30. The number of halogens is 1. The van der Waals surface area contributed by atoms with Gasteiger partial charge in [-0.25, -0.2) is 9.97 Å². The summed E-state index contributed by atoms with van der Waals surface area (Å²) in [7, 11) is 0. The summed E-state index contributed by atoms with van der Waals surface area (Å²) in [5.74, 6) is 0.902. The maximum absolute atomic E-state index is 12.7. The van der Waals surface area contributed by atoms with Gasteiger partial charge in [0.05, 0.1) is 11.9 Å². The molecule has 1 aromatic carbocycles. The first-order valence-corrected chi connectivity index (χ1v) is 9.51. The molecule has 3 heterocycles. The van der Waals surface area contributed by atoms with E-state index in [1.54, 1.807) is 18.5 Å². The van der Waals surface area contributed by atoms with Crippen LogP contribution in [0.2, 0.25) is 5.02 Å². The third kappa shape index (κ3) is 4.23. The van der Waals surface area contributed by atoms with E-state index in [4.69, 9.17) is 11.6 Å². The Morgan fingerprint density at radius 3 is 2.46 bits per heavy atom. The van der Waals surface area contributed by atoms with Crippen molar-refractivity contribution in [1.29, 1.82) is 0 Å². The Balaban J connectivity index is 1.36. The highest BCUT2D eigenvalue weighted by Crippen LogP contribution is 2.20. The quantitative estimate of drug-likeness (QED) is 0.729. The fourth-order valence-electron chi connectivity index (χ4n) is 3.17. The van der Waals surface area contributed by atoms with Crippen molar-refractivity contribution in [1.82, 2.24) is 14.9 Å². The van der Waals surface area contributed by atoms with Crippen LogP contribution in [0, 0.1) is 0 Å². The maximum atomic E-state index is 12.7. The van der Waals surface area contributed by atoms with Crippen molar-refractivity contribution in [2.75, 3.05) is 36.4 Å². The van der Waals surface area contributed by atoms with Crippen molar-refractivity contribution in [2.24, 2.45) is 0 Å². The molecule has 1 fully saturated rings. The first-order valence-electron chi connectivity index (χ1n) is 9.13. The summed E-state index contributed by atoms with van der Waals surface area (Å²) in [4.78, 5) is 25.5. The zero-order chi connectivity index (χ0) is 19.3. The smallest absolute Gasteiger partial charge is 0.272 e. The Morgan fingerprint density at radius 1 is 0.929 bits per heavy atom. The minimum absolute atomic E-state index is 0.0463. The van der Waals surface area contributed by atoms with Crippen molar-refractivity contribution in [2.45, 2.75) is 0 Å². The van der Waals surface area contributed by atoms with Gasteiger partial charge in [0.1, 0.15) is 11.5 Å². The number of aromatic nitrogens is 2. The number of piperazine rings is 1. The van der Waals surface area contributed by atoms with Crippen molar-refractivity contribution in [3.63, 3.8) is 0 Å². The molecule has 4 rings (SSSR count). The number of pyridine rings is 2. The monoisotopic (exact) mass is 393 g/mol. The van der Waals surface area contributed by atoms with Gasteiger partial charge in [-0.05, 0) is 42.5 Å². The molecule has 7 heteroatoms. The third-order valence-electron chi connectivity index (χ3n) is 4.64. The summed E-state index contributed by atoms with van der Waals surface area (Å²) < 4.78 is 0. The van der Waals surface area contributed by atoms with E-state index < -0.39 is 0 Å². The summed E-state index contributed by atoms with van der Waals surface area (Å²) in [6, 6.07) is 16.9. The number of carbonyl (C=O) groups is 1. The number of nitrogens with one attached hydrogen (secondary N) is 1. The second kappa shape index (κ2) is 8.27. The Bertz CT molecular complexity index is 941. The lowest BCUT2D eigenvalue weighted by Crippen LogP contribution is -2.49. The molecule has 2 aromatic heterocycles. The molecule has 1 amide bonds. The molecule has 0 bridgehead atoms. The average molecular weight is 394 g/mol. The Kier molecular flexibility index (Phi) is 5.39. The fourth-order valence-corrected chi connectivity index (χ4v) is 3.36. The zero-order valence-electron chi connectivity index (χ0n) is 15.3. The normalized spacial score (nSPS) is 14.0. The number of nitrogens with zero attached hydrogens (tertiary/aromatic N) is 4. The fraction of sp³-hybridized carbons (Fsp3) is 0.190. The molecule has 0 spiro atoms. The van der Waals surface area contributed by atoms with Crippen LogP contribution >= 0.6 is 11.6 Å². The molecule has 1 aliphatic heterocycles. The van der Waals surface area contributed by atoms with Gasteiger partial charge in [-0.15, -0.1) is 0 Å². The SMILES string of the molecule is O=C(c1ccc(Nc2cccc(Cl)c2)cn1)N1CCN(c2ccccn2)CC1. The van der Waals surface area contributed by atoms with E-state index in [-0.39, 0.29) is 5.91 Å². The third-order valence-corrected chi connectivity index (χ3v) is 4.87. The molecule has 1 aliphatic rings. The summed E-state index contributed by atoms with van der Waals surface area (Å²) >= 11 is 6.00. The largest absolute Gasteiger partial charge is 0.354 e. The second-order valence-corrected chi connectivity index (χ2v) is 6.97. The molecule has 1 saturated heterocycles. The summed E-state index contributed by atoms with van der Waals surface area (Å²) in [5, 5.41) is 3.89. The first kappa shape index (κ1) is 18.3. The van der Waals surface area contributed by atoms with Crippen LogP contribution in [0.5, 0.6) is 0 Å². The molecular formula is C21H20ClN5O. The lowest BCUT2D eigenvalue weighted by molar-refractivity contribution is 0.0740. The van der Waals surface area contributed by atoms with Gasteiger partial charge in [0.25, 0.3) is 5.91 Å². The topological polar surface area (TPSA) is 61.4 Å². The molecule has 0 atom stereocenters. The van der Waals surface area contributed by atoms with E-state index >= 15 is 0 Å². The van der Waals surface area contributed by atoms with Crippen molar-refractivity contribution in [3.05, 3.63) is 77.7 Å². The van der Waals surface area contributed by atoms with E-state index in [2.05, 4.69) is 20.2 Å². The van der Waals surface area contributed by atoms with Crippen molar-refractivity contribution >= 4 is 34.7 Å². The van der Waals surface area contributed by atoms with Crippen LogP contribution in [0.15, 0.2) is 67.0 Å². The highest BCUT2D eigenvalue weighted by atomic mass is 35.5. The van der Waals surface area contributed by atoms with E-state index in [0.29, 0.717) is 23.8 Å². The van der Waals surface area contributed by atoms with Crippen LogP contribution < -0.4 is 10.2 Å². The van der Waals surface area contributed by atoms with Gasteiger partial charge in [0.15, 0.2) is 0 Å². The number of carbonyl (C=O) groups excluding carboxylic acids is 1. The van der Waals surface area contributed by atoms with Gasteiger partial charge in [0.2, 0.25) is 0 Å². The lowest BCUT2D eigenvalue weighted by Gasteiger charge is -2.35. The molecule has 0 unspecified atom stereocenters. The van der Waals surface area contributed by atoms with Crippen LogP contribution in [0.3, 0.4) is 0 Å². The molecular weight excluding hydrogens is 374 g/mol. The van der Waals surface area contributed by atoms with Crippen LogP contribution in [0.4, 0.5) is 17.2 Å². The number of hydrogen-bond acceptors (Lipinski definition) is 5. The van der Waals surface area contributed by atoms with Crippen molar-refractivity contribution in [3.8, 4) is 0 Å². The van der Waals surface area contributed by atoms with Gasteiger partial charge in [0, 0.05) is 43.1 Å². The van der Waals surface area contributed by atoms with E-state index in [1.807, 2.05) is 53.4 Å². The van der Waals surface area contributed by atoms with Crippen LogP contribution in [0.1, 0.15) is 10.5 Å². The van der Waals surface area contributed by atoms with E-state index in [9.17, 15) is 4.79 Å². The molecule has 0 saturated carbocycles. The average Bonchev–Trinajstić information content (AvgIpc) is 2.75. The summed E-state index contributed by atoms with van der Waals surface area (Å²) in [5.41, 5.74) is 2.13. The van der Waals surface area contributed by atoms with E-state index in [1.165, 1.54) is 0 Å². The molecule has 0 aliphatic carbocycles. The number of benzene rings is 1.